The van der Waals surface area contributed by atoms with Gasteiger partial charge in [-0.05, 0) is 13.0 Å². The summed E-state index contributed by atoms with van der Waals surface area (Å²) in [5.41, 5.74) is 0.0609. The first-order valence-electron chi connectivity index (χ1n) is 6.18. The Bertz CT molecular complexity index is 565. The third-order valence-electron chi connectivity index (χ3n) is 2.57. The molecule has 8 heteroatoms. The van der Waals surface area contributed by atoms with Crippen LogP contribution in [0.1, 0.15) is 25.0 Å². The molecule has 0 spiro atoms. The van der Waals surface area contributed by atoms with Crippen molar-refractivity contribution in [3.8, 4) is 11.8 Å². The highest BCUT2D eigenvalue weighted by Gasteiger charge is 2.16. The number of aliphatic hydroxyl groups excluding tert-OH is 1. The zero-order valence-corrected chi connectivity index (χ0v) is 11.4. The fourth-order valence-corrected chi connectivity index (χ4v) is 1.56. The van der Waals surface area contributed by atoms with Crippen LogP contribution in [0.5, 0.6) is 5.75 Å². The molecule has 0 aliphatic carbocycles. The van der Waals surface area contributed by atoms with E-state index >= 15 is 0 Å². The molecule has 0 aromatic heterocycles. The number of nitrogens with one attached hydrogen (secondary N) is 1. The third kappa shape index (κ3) is 5.08. The van der Waals surface area contributed by atoms with E-state index in [4.69, 9.17) is 10.00 Å². The average molecular weight is 293 g/mol. The molecule has 0 saturated heterocycles. The monoisotopic (exact) mass is 293 g/mol. The summed E-state index contributed by atoms with van der Waals surface area (Å²) in [6, 6.07) is 5.65. The molecule has 0 aliphatic heterocycles. The Balaban J connectivity index is 2.72. The number of benzene rings is 1. The van der Waals surface area contributed by atoms with Crippen LogP contribution in [0.4, 0.5) is 5.69 Å². The van der Waals surface area contributed by atoms with Gasteiger partial charge in [0, 0.05) is 24.2 Å². The Morgan fingerprint density at radius 3 is 2.90 bits per heavy atom. The normalized spacial score (nSPS) is 11.3. The molecule has 1 aromatic carbocycles. The van der Waals surface area contributed by atoms with Crippen molar-refractivity contribution >= 4 is 11.6 Å². The van der Waals surface area contributed by atoms with Crippen LogP contribution in [-0.2, 0) is 4.79 Å². The number of nitro benzene ring substituents is 1. The predicted molar refractivity (Wildman–Crippen MR) is 72.5 cm³/mol. The molecule has 0 bridgehead atoms. The molecule has 1 unspecified atom stereocenters. The molecule has 8 nitrogen and oxygen atoms in total. The van der Waals surface area contributed by atoms with Crippen molar-refractivity contribution in [3.05, 3.63) is 33.9 Å². The van der Waals surface area contributed by atoms with Gasteiger partial charge in [0.2, 0.25) is 0 Å². The van der Waals surface area contributed by atoms with Crippen molar-refractivity contribution in [3.63, 3.8) is 0 Å². The lowest BCUT2D eigenvalue weighted by Gasteiger charge is -2.13. The van der Waals surface area contributed by atoms with Crippen LogP contribution in [0.15, 0.2) is 18.2 Å². The van der Waals surface area contributed by atoms with Crippen molar-refractivity contribution < 1.29 is 19.6 Å². The number of amides is 1. The number of aliphatic hydroxyl groups is 1. The minimum Gasteiger partial charge on any atom is -0.483 e. The second kappa shape index (κ2) is 7.81. The largest absolute Gasteiger partial charge is 0.483 e. The van der Waals surface area contributed by atoms with Crippen molar-refractivity contribution in [1.29, 1.82) is 5.26 Å². The van der Waals surface area contributed by atoms with Gasteiger partial charge in [-0.15, -0.1) is 0 Å². The van der Waals surface area contributed by atoms with E-state index in [9.17, 15) is 20.0 Å². The number of nitro groups is 1. The van der Waals surface area contributed by atoms with Gasteiger partial charge < -0.3 is 15.2 Å². The topological polar surface area (TPSA) is 125 Å². The van der Waals surface area contributed by atoms with Crippen molar-refractivity contribution in [2.75, 3.05) is 13.2 Å². The third-order valence-corrected chi connectivity index (χ3v) is 2.57. The summed E-state index contributed by atoms with van der Waals surface area (Å²) in [6.07, 6.45) is -0.774. The fraction of sp³-hybridized carbons (Fsp3) is 0.385. The van der Waals surface area contributed by atoms with Crippen LogP contribution < -0.4 is 10.1 Å². The molecule has 1 atom stereocenters. The van der Waals surface area contributed by atoms with Gasteiger partial charge in [0.05, 0.1) is 23.5 Å². The summed E-state index contributed by atoms with van der Waals surface area (Å²) in [6.45, 7) is 1.37. The maximum atomic E-state index is 11.4. The predicted octanol–water partition coefficient (Wildman–Crippen LogP) is 1.06. The molecular formula is C13H15N3O5. The summed E-state index contributed by atoms with van der Waals surface area (Å²) in [5, 5.41) is 31.1. The number of carbonyl (C=O) groups is 1. The second-order valence-corrected chi connectivity index (χ2v) is 4.20. The van der Waals surface area contributed by atoms with Gasteiger partial charge in [0.1, 0.15) is 5.75 Å². The number of carbonyl (C=O) groups excluding carboxylic acids is 1. The average Bonchev–Trinajstić information content (AvgIpc) is 2.45. The first-order valence-corrected chi connectivity index (χ1v) is 6.18. The second-order valence-electron chi connectivity index (χ2n) is 4.20. The van der Waals surface area contributed by atoms with Gasteiger partial charge in [-0.25, -0.2) is 0 Å². The number of non-ortho nitro benzene ring substituents is 1. The molecule has 21 heavy (non-hydrogen) atoms. The molecule has 1 amide bonds. The molecular weight excluding hydrogens is 278 g/mol. The van der Waals surface area contributed by atoms with Gasteiger partial charge >= 0.3 is 0 Å². The lowest BCUT2D eigenvalue weighted by atomic mass is 10.1. The molecule has 0 radical (unpaired) electrons. The Morgan fingerprint density at radius 1 is 1.62 bits per heavy atom. The molecule has 1 aromatic rings. The Hall–Kier alpha value is -2.66. The summed E-state index contributed by atoms with van der Waals surface area (Å²) in [5.74, 6) is -0.217. The summed E-state index contributed by atoms with van der Waals surface area (Å²) in [7, 11) is 0. The number of hydrogen-bond donors (Lipinski definition) is 2. The Kier molecular flexibility index (Phi) is 6.10. The number of nitrogens with zero attached hydrogens (tertiary/aromatic N) is 2. The van der Waals surface area contributed by atoms with E-state index in [1.165, 1.54) is 25.1 Å². The molecule has 0 saturated carbocycles. The molecule has 2 N–H and O–H groups in total. The van der Waals surface area contributed by atoms with Crippen molar-refractivity contribution in [2.45, 2.75) is 19.4 Å². The smallest absolute Gasteiger partial charge is 0.270 e. The van der Waals surface area contributed by atoms with Gasteiger partial charge in [-0.3, -0.25) is 14.9 Å². The van der Waals surface area contributed by atoms with Crippen LogP contribution in [0.3, 0.4) is 0 Å². The molecule has 0 heterocycles. The highest BCUT2D eigenvalue weighted by Crippen LogP contribution is 2.29. The van der Waals surface area contributed by atoms with Crippen molar-refractivity contribution in [2.24, 2.45) is 0 Å². The van der Waals surface area contributed by atoms with Crippen LogP contribution >= 0.6 is 0 Å². The zero-order chi connectivity index (χ0) is 15.8. The molecule has 1 rings (SSSR count). The van der Waals surface area contributed by atoms with E-state index in [-0.39, 0.29) is 36.6 Å². The fourth-order valence-electron chi connectivity index (χ4n) is 1.56. The Morgan fingerprint density at radius 2 is 2.33 bits per heavy atom. The van der Waals surface area contributed by atoms with Gasteiger partial charge in [-0.2, -0.15) is 5.26 Å². The highest BCUT2D eigenvalue weighted by molar-refractivity contribution is 5.77. The van der Waals surface area contributed by atoms with E-state index in [1.807, 2.05) is 6.07 Å². The lowest BCUT2D eigenvalue weighted by molar-refractivity contribution is -0.385. The van der Waals surface area contributed by atoms with E-state index in [0.717, 1.165) is 0 Å². The molecule has 112 valence electrons. The van der Waals surface area contributed by atoms with Crippen LogP contribution in [0.2, 0.25) is 0 Å². The number of ether oxygens (including phenoxy) is 1. The highest BCUT2D eigenvalue weighted by atomic mass is 16.6. The number of hydrogen-bond acceptors (Lipinski definition) is 6. The number of rotatable bonds is 7. The van der Waals surface area contributed by atoms with E-state index in [0.29, 0.717) is 0 Å². The lowest BCUT2D eigenvalue weighted by Crippen LogP contribution is -2.29. The summed E-state index contributed by atoms with van der Waals surface area (Å²) < 4.78 is 5.25. The summed E-state index contributed by atoms with van der Waals surface area (Å²) in [4.78, 5) is 21.5. The van der Waals surface area contributed by atoms with E-state index in [1.54, 1.807) is 0 Å². The van der Waals surface area contributed by atoms with E-state index < -0.39 is 16.9 Å². The summed E-state index contributed by atoms with van der Waals surface area (Å²) >= 11 is 0. The standard InChI is InChI=1S/C13H15N3O5/c1-9(17)11-7-10(16(19)20)3-4-12(11)21-8-13(18)15-6-2-5-14/h3-4,7,9,17H,2,6,8H2,1H3,(H,15,18). The maximum Gasteiger partial charge on any atom is 0.270 e. The van der Waals surface area contributed by atoms with Gasteiger partial charge in [-0.1, -0.05) is 0 Å². The number of nitriles is 1. The Labute approximate surface area is 121 Å². The first kappa shape index (κ1) is 16.4. The zero-order valence-electron chi connectivity index (χ0n) is 11.4. The quantitative estimate of drug-likeness (QED) is 0.440. The van der Waals surface area contributed by atoms with E-state index in [2.05, 4.69) is 5.32 Å². The molecule has 0 fully saturated rings. The SMILES string of the molecule is CC(O)c1cc([N+](=O)[O-])ccc1OCC(=O)NCCC#N. The first-order chi connectivity index (χ1) is 9.95. The molecule has 0 aliphatic rings. The minimum absolute atomic E-state index is 0.170. The van der Waals surface area contributed by atoms with Crippen LogP contribution in [-0.4, -0.2) is 29.1 Å². The van der Waals surface area contributed by atoms with Crippen LogP contribution in [0, 0.1) is 21.4 Å². The maximum absolute atomic E-state index is 11.4. The van der Waals surface area contributed by atoms with Gasteiger partial charge in [0.25, 0.3) is 11.6 Å². The van der Waals surface area contributed by atoms with Crippen molar-refractivity contribution in [1.82, 2.24) is 5.32 Å². The minimum atomic E-state index is -0.971. The van der Waals surface area contributed by atoms with Crippen LogP contribution in [0.25, 0.3) is 0 Å². The van der Waals surface area contributed by atoms with Gasteiger partial charge in [0.15, 0.2) is 6.61 Å².